The van der Waals surface area contributed by atoms with Gasteiger partial charge >= 0.3 is 0 Å². The van der Waals surface area contributed by atoms with Gasteiger partial charge in [-0.05, 0) is 42.9 Å². The second-order valence-electron chi connectivity index (χ2n) is 4.83. The Kier molecular flexibility index (Phi) is 5.16. The van der Waals surface area contributed by atoms with Crippen molar-refractivity contribution in [2.24, 2.45) is 13.0 Å². The average molecular weight is 323 g/mol. The first-order valence-electron chi connectivity index (χ1n) is 6.52. The lowest BCUT2D eigenvalue weighted by atomic mass is 9.95. The van der Waals surface area contributed by atoms with E-state index in [1.165, 1.54) is 11.3 Å². The zero-order chi connectivity index (χ0) is 13.7. The van der Waals surface area contributed by atoms with Gasteiger partial charge in [0.1, 0.15) is 0 Å². The van der Waals surface area contributed by atoms with Crippen LogP contribution in [0, 0.1) is 5.92 Å². The van der Waals surface area contributed by atoms with Crippen LogP contribution in [0.4, 0.5) is 0 Å². The van der Waals surface area contributed by atoms with E-state index in [4.69, 9.17) is 0 Å². The summed E-state index contributed by atoms with van der Waals surface area (Å²) < 4.78 is 3.02. The van der Waals surface area contributed by atoms with Crippen molar-refractivity contribution in [3.05, 3.63) is 52.3 Å². The number of nitrogens with zero attached hydrogens (tertiary/aromatic N) is 2. The summed E-state index contributed by atoms with van der Waals surface area (Å²) in [5, 5.41) is 13.7. The van der Waals surface area contributed by atoms with Gasteiger partial charge in [0.2, 0.25) is 0 Å². The number of rotatable bonds is 6. The summed E-state index contributed by atoms with van der Waals surface area (Å²) in [6, 6.07) is 10.2. The summed E-state index contributed by atoms with van der Waals surface area (Å²) >= 11 is 3.56. The van der Waals surface area contributed by atoms with Crippen molar-refractivity contribution in [3.8, 4) is 0 Å². The molecule has 0 bridgehead atoms. The largest absolute Gasteiger partial charge is 0.396 e. The maximum Gasteiger partial charge on any atom is 0.0492 e. The Morgan fingerprint density at radius 2 is 2.11 bits per heavy atom. The van der Waals surface area contributed by atoms with Gasteiger partial charge in [-0.3, -0.25) is 4.68 Å². The summed E-state index contributed by atoms with van der Waals surface area (Å²) in [5.74, 6) is 0.286. The molecule has 1 N–H and O–H groups in total. The zero-order valence-corrected chi connectivity index (χ0v) is 12.7. The first kappa shape index (κ1) is 14.3. The lowest BCUT2D eigenvalue weighted by molar-refractivity contribution is 0.217. The van der Waals surface area contributed by atoms with Gasteiger partial charge in [0.25, 0.3) is 0 Å². The topological polar surface area (TPSA) is 38.0 Å². The van der Waals surface area contributed by atoms with Gasteiger partial charge in [0.05, 0.1) is 0 Å². The highest BCUT2D eigenvalue weighted by Gasteiger charge is 2.11. The van der Waals surface area contributed by atoms with Gasteiger partial charge in [-0.1, -0.05) is 34.1 Å². The molecular weight excluding hydrogens is 304 g/mol. The van der Waals surface area contributed by atoms with Gasteiger partial charge in [-0.15, -0.1) is 0 Å². The monoisotopic (exact) mass is 322 g/mol. The van der Waals surface area contributed by atoms with Gasteiger partial charge in [-0.25, -0.2) is 0 Å². The molecule has 1 aromatic heterocycles. The highest BCUT2D eigenvalue weighted by atomic mass is 79.9. The van der Waals surface area contributed by atoms with Crippen LogP contribution in [0.15, 0.2) is 41.0 Å². The van der Waals surface area contributed by atoms with E-state index in [0.29, 0.717) is 0 Å². The van der Waals surface area contributed by atoms with Crippen molar-refractivity contribution in [3.63, 3.8) is 0 Å². The van der Waals surface area contributed by atoms with E-state index in [0.717, 1.165) is 23.7 Å². The summed E-state index contributed by atoms with van der Waals surface area (Å²) in [4.78, 5) is 0. The maximum absolute atomic E-state index is 9.54. The molecule has 1 atom stereocenters. The van der Waals surface area contributed by atoms with Crippen LogP contribution in [-0.4, -0.2) is 21.5 Å². The molecule has 2 rings (SSSR count). The molecule has 0 spiro atoms. The standard InChI is InChI=1S/C15H19BrN2O/c1-18-14(8-9-17-18)7-6-12(11-19)10-13-4-2-3-5-15(13)16/h2-5,8-9,12,19H,6-7,10-11H2,1H3. The summed E-state index contributed by atoms with van der Waals surface area (Å²) in [7, 11) is 1.96. The second-order valence-corrected chi connectivity index (χ2v) is 5.68. The quantitative estimate of drug-likeness (QED) is 0.887. The minimum absolute atomic E-state index is 0.221. The molecule has 3 nitrogen and oxygen atoms in total. The molecule has 0 aliphatic heterocycles. The third-order valence-corrected chi connectivity index (χ3v) is 4.23. The van der Waals surface area contributed by atoms with Crippen LogP contribution in [0.25, 0.3) is 0 Å². The minimum atomic E-state index is 0.221. The van der Waals surface area contributed by atoms with Crippen LogP contribution in [0.3, 0.4) is 0 Å². The van der Waals surface area contributed by atoms with E-state index in [1.54, 1.807) is 0 Å². The fraction of sp³-hybridized carbons (Fsp3) is 0.400. The molecule has 0 radical (unpaired) electrons. The fourth-order valence-corrected chi connectivity index (χ4v) is 2.68. The van der Waals surface area contributed by atoms with E-state index in [1.807, 2.05) is 42.2 Å². The van der Waals surface area contributed by atoms with Gasteiger partial charge < -0.3 is 5.11 Å². The number of aromatic nitrogens is 2. The van der Waals surface area contributed by atoms with Gasteiger partial charge in [0.15, 0.2) is 0 Å². The highest BCUT2D eigenvalue weighted by molar-refractivity contribution is 9.10. The molecule has 0 saturated heterocycles. The summed E-state index contributed by atoms with van der Waals surface area (Å²) in [6.45, 7) is 0.221. The van der Waals surface area contributed by atoms with Crippen LogP contribution in [-0.2, 0) is 19.9 Å². The number of aliphatic hydroxyl groups excluding tert-OH is 1. The Morgan fingerprint density at radius 1 is 1.32 bits per heavy atom. The molecule has 4 heteroatoms. The van der Waals surface area contributed by atoms with Crippen molar-refractivity contribution in [2.45, 2.75) is 19.3 Å². The van der Waals surface area contributed by atoms with Crippen LogP contribution < -0.4 is 0 Å². The van der Waals surface area contributed by atoms with Crippen molar-refractivity contribution in [1.82, 2.24) is 9.78 Å². The van der Waals surface area contributed by atoms with E-state index >= 15 is 0 Å². The number of hydrogen-bond donors (Lipinski definition) is 1. The van der Waals surface area contributed by atoms with E-state index in [2.05, 4.69) is 27.1 Å². The molecule has 0 fully saturated rings. The third kappa shape index (κ3) is 3.91. The van der Waals surface area contributed by atoms with Crippen molar-refractivity contribution in [2.75, 3.05) is 6.61 Å². The molecule has 1 unspecified atom stereocenters. The normalized spacial score (nSPS) is 12.6. The Morgan fingerprint density at radius 3 is 2.74 bits per heavy atom. The molecule has 1 heterocycles. The van der Waals surface area contributed by atoms with Crippen molar-refractivity contribution >= 4 is 15.9 Å². The molecule has 2 aromatic rings. The second kappa shape index (κ2) is 6.87. The number of benzene rings is 1. The number of halogens is 1. The lowest BCUT2D eigenvalue weighted by Crippen LogP contribution is -2.12. The third-order valence-electron chi connectivity index (χ3n) is 3.46. The summed E-state index contributed by atoms with van der Waals surface area (Å²) in [6.07, 6.45) is 4.64. The highest BCUT2D eigenvalue weighted by Crippen LogP contribution is 2.21. The average Bonchev–Trinajstić information content (AvgIpc) is 2.82. The molecule has 0 amide bonds. The summed E-state index contributed by atoms with van der Waals surface area (Å²) in [5.41, 5.74) is 2.47. The van der Waals surface area contributed by atoms with Crippen LogP contribution in [0.1, 0.15) is 17.7 Å². The molecule has 0 saturated carbocycles. The molecular formula is C15H19BrN2O. The molecule has 102 valence electrons. The van der Waals surface area contributed by atoms with Crippen molar-refractivity contribution < 1.29 is 5.11 Å². The van der Waals surface area contributed by atoms with E-state index < -0.39 is 0 Å². The first-order chi connectivity index (χ1) is 9.20. The van der Waals surface area contributed by atoms with Gasteiger partial charge in [-0.2, -0.15) is 5.10 Å². The SMILES string of the molecule is Cn1nccc1CCC(CO)Cc1ccccc1Br. The van der Waals surface area contributed by atoms with Crippen LogP contribution >= 0.6 is 15.9 Å². The predicted molar refractivity (Wildman–Crippen MR) is 80.0 cm³/mol. The van der Waals surface area contributed by atoms with Crippen LogP contribution in [0.2, 0.25) is 0 Å². The van der Waals surface area contributed by atoms with E-state index in [9.17, 15) is 5.11 Å². The molecule has 1 aromatic carbocycles. The molecule has 0 aliphatic carbocycles. The Labute approximate surface area is 122 Å². The maximum atomic E-state index is 9.54. The van der Waals surface area contributed by atoms with Gasteiger partial charge in [0, 0.05) is 30.0 Å². The minimum Gasteiger partial charge on any atom is -0.396 e. The van der Waals surface area contributed by atoms with Crippen molar-refractivity contribution in [1.29, 1.82) is 0 Å². The van der Waals surface area contributed by atoms with E-state index in [-0.39, 0.29) is 12.5 Å². The lowest BCUT2D eigenvalue weighted by Gasteiger charge is -2.15. The molecule has 0 aliphatic rings. The smallest absolute Gasteiger partial charge is 0.0492 e. The number of aliphatic hydroxyl groups is 1. The molecule has 19 heavy (non-hydrogen) atoms. The Bertz CT molecular complexity index is 524. The zero-order valence-electron chi connectivity index (χ0n) is 11.1. The Balaban J connectivity index is 1.94. The number of aryl methyl sites for hydroxylation is 2. The van der Waals surface area contributed by atoms with Crippen LogP contribution in [0.5, 0.6) is 0 Å². The number of hydrogen-bond acceptors (Lipinski definition) is 2. The Hall–Kier alpha value is -1.13. The first-order valence-corrected chi connectivity index (χ1v) is 7.31. The fourth-order valence-electron chi connectivity index (χ4n) is 2.23. The predicted octanol–water partition coefficient (Wildman–Crippen LogP) is 2.97.